The van der Waals surface area contributed by atoms with Crippen molar-refractivity contribution in [3.8, 4) is 0 Å². The summed E-state index contributed by atoms with van der Waals surface area (Å²) < 4.78 is 0. The average molecular weight is 270 g/mol. The second kappa shape index (κ2) is 7.83. The molecule has 20 heavy (non-hydrogen) atoms. The zero-order valence-corrected chi connectivity index (χ0v) is 11.7. The van der Waals surface area contributed by atoms with Crippen molar-refractivity contribution in [2.75, 3.05) is 13.2 Å². The lowest BCUT2D eigenvalue weighted by atomic mass is 9.78. The Bertz CT molecular complexity index is 434. The third-order valence-electron chi connectivity index (χ3n) is 3.82. The summed E-state index contributed by atoms with van der Waals surface area (Å²) in [5.41, 5.74) is 2.45. The molecule has 0 spiro atoms. The molecule has 0 unspecified atom stereocenters. The Morgan fingerprint density at radius 3 is 1.25 bits per heavy atom. The first kappa shape index (κ1) is 14.8. The summed E-state index contributed by atoms with van der Waals surface area (Å²) in [6.07, 6.45) is 1.42. The molecule has 2 N–H and O–H groups in total. The minimum atomic E-state index is 0.161. The van der Waals surface area contributed by atoms with Crippen LogP contribution >= 0.6 is 0 Å². The minimum Gasteiger partial charge on any atom is -0.396 e. The molecule has 2 nitrogen and oxygen atoms in total. The van der Waals surface area contributed by atoms with Gasteiger partial charge in [0.15, 0.2) is 0 Å². The van der Waals surface area contributed by atoms with Gasteiger partial charge in [-0.3, -0.25) is 0 Å². The van der Waals surface area contributed by atoms with Crippen molar-refractivity contribution in [1.82, 2.24) is 0 Å². The van der Waals surface area contributed by atoms with Crippen molar-refractivity contribution < 1.29 is 10.2 Å². The van der Waals surface area contributed by atoms with Gasteiger partial charge < -0.3 is 10.2 Å². The molecule has 2 aromatic rings. The largest absolute Gasteiger partial charge is 0.396 e. The zero-order valence-electron chi connectivity index (χ0n) is 11.7. The van der Waals surface area contributed by atoms with E-state index in [1.807, 2.05) is 36.4 Å². The summed E-state index contributed by atoms with van der Waals surface area (Å²) in [7, 11) is 0. The second-order valence-electron chi connectivity index (χ2n) is 5.06. The fraction of sp³-hybridized carbons (Fsp3) is 0.333. The van der Waals surface area contributed by atoms with E-state index in [1.165, 1.54) is 11.1 Å². The first-order chi connectivity index (χ1) is 9.86. The average Bonchev–Trinajstić information content (AvgIpc) is 2.52. The highest BCUT2D eigenvalue weighted by molar-refractivity contribution is 5.28. The molecular weight excluding hydrogens is 248 g/mol. The van der Waals surface area contributed by atoms with Crippen molar-refractivity contribution >= 4 is 0 Å². The molecule has 2 atom stereocenters. The molecule has 0 aliphatic rings. The Morgan fingerprint density at radius 1 is 0.600 bits per heavy atom. The molecule has 0 amide bonds. The fourth-order valence-corrected chi connectivity index (χ4v) is 2.88. The van der Waals surface area contributed by atoms with Gasteiger partial charge in [-0.05, 0) is 35.8 Å². The Kier molecular flexibility index (Phi) is 5.78. The van der Waals surface area contributed by atoms with Gasteiger partial charge in [-0.1, -0.05) is 60.7 Å². The lowest BCUT2D eigenvalue weighted by Gasteiger charge is -2.27. The highest BCUT2D eigenvalue weighted by Crippen LogP contribution is 2.37. The fourth-order valence-electron chi connectivity index (χ4n) is 2.88. The van der Waals surface area contributed by atoms with E-state index in [0.29, 0.717) is 12.8 Å². The number of rotatable bonds is 7. The second-order valence-corrected chi connectivity index (χ2v) is 5.06. The van der Waals surface area contributed by atoms with E-state index in [4.69, 9.17) is 0 Å². The normalized spacial score (nSPS) is 13.9. The molecule has 2 aromatic carbocycles. The monoisotopic (exact) mass is 270 g/mol. The van der Waals surface area contributed by atoms with Gasteiger partial charge in [-0.15, -0.1) is 0 Å². The van der Waals surface area contributed by atoms with Gasteiger partial charge >= 0.3 is 0 Å². The standard InChI is InChI=1S/C18H22O2/c19-13-11-17(15-7-3-1-4-8-15)18(12-14-20)16-9-5-2-6-10-16/h1-10,17-20H,11-14H2/t17-,18-/m0/s1. The number of aliphatic hydroxyl groups excluding tert-OH is 2. The van der Waals surface area contributed by atoms with Crippen LogP contribution in [0, 0.1) is 0 Å². The van der Waals surface area contributed by atoms with Crippen LogP contribution in [0.2, 0.25) is 0 Å². The van der Waals surface area contributed by atoms with Crippen molar-refractivity contribution in [2.45, 2.75) is 24.7 Å². The lowest BCUT2D eigenvalue weighted by Crippen LogP contribution is -2.14. The molecular formula is C18H22O2. The van der Waals surface area contributed by atoms with Crippen LogP contribution < -0.4 is 0 Å². The Balaban J connectivity index is 2.33. The SMILES string of the molecule is OCC[C@@H](c1ccccc1)[C@@H](CCO)c1ccccc1. The van der Waals surface area contributed by atoms with Crippen LogP contribution in [0.3, 0.4) is 0 Å². The third kappa shape index (κ3) is 3.69. The van der Waals surface area contributed by atoms with E-state index in [-0.39, 0.29) is 25.0 Å². The summed E-state index contributed by atoms with van der Waals surface area (Å²) in [5, 5.41) is 18.8. The van der Waals surface area contributed by atoms with Gasteiger partial charge in [-0.2, -0.15) is 0 Å². The molecule has 0 radical (unpaired) electrons. The molecule has 2 heteroatoms. The molecule has 106 valence electrons. The van der Waals surface area contributed by atoms with E-state index < -0.39 is 0 Å². The predicted molar refractivity (Wildman–Crippen MR) is 81.8 cm³/mol. The van der Waals surface area contributed by atoms with Crippen LogP contribution in [0.4, 0.5) is 0 Å². The maximum absolute atomic E-state index is 9.40. The highest BCUT2D eigenvalue weighted by atomic mass is 16.3. The lowest BCUT2D eigenvalue weighted by molar-refractivity contribution is 0.240. The van der Waals surface area contributed by atoms with Crippen molar-refractivity contribution in [3.63, 3.8) is 0 Å². The summed E-state index contributed by atoms with van der Waals surface area (Å²) in [5.74, 6) is 0.464. The smallest absolute Gasteiger partial charge is 0.0437 e. The van der Waals surface area contributed by atoms with E-state index in [0.717, 1.165) is 0 Å². The van der Waals surface area contributed by atoms with E-state index in [9.17, 15) is 10.2 Å². The molecule has 0 aliphatic carbocycles. The number of aliphatic hydroxyl groups is 2. The predicted octanol–water partition coefficient (Wildman–Crippen LogP) is 3.32. The van der Waals surface area contributed by atoms with Crippen molar-refractivity contribution in [2.24, 2.45) is 0 Å². The molecule has 0 saturated heterocycles. The van der Waals surface area contributed by atoms with Gasteiger partial charge in [-0.25, -0.2) is 0 Å². The van der Waals surface area contributed by atoms with Gasteiger partial charge in [0.05, 0.1) is 0 Å². The van der Waals surface area contributed by atoms with Crippen LogP contribution in [-0.4, -0.2) is 23.4 Å². The quantitative estimate of drug-likeness (QED) is 0.810. The van der Waals surface area contributed by atoms with Crippen LogP contribution in [0.15, 0.2) is 60.7 Å². The molecule has 0 aromatic heterocycles. The molecule has 0 aliphatic heterocycles. The van der Waals surface area contributed by atoms with Crippen LogP contribution in [0.25, 0.3) is 0 Å². The number of benzene rings is 2. The first-order valence-corrected chi connectivity index (χ1v) is 7.18. The third-order valence-corrected chi connectivity index (χ3v) is 3.82. The molecule has 0 bridgehead atoms. The van der Waals surface area contributed by atoms with Crippen LogP contribution in [0.5, 0.6) is 0 Å². The van der Waals surface area contributed by atoms with E-state index in [2.05, 4.69) is 24.3 Å². The maximum atomic E-state index is 9.40. The molecule has 0 heterocycles. The molecule has 2 rings (SSSR count). The van der Waals surface area contributed by atoms with Crippen molar-refractivity contribution in [1.29, 1.82) is 0 Å². The summed E-state index contributed by atoms with van der Waals surface area (Å²) >= 11 is 0. The Hall–Kier alpha value is -1.64. The molecule has 0 saturated carbocycles. The summed E-state index contributed by atoms with van der Waals surface area (Å²) in [4.78, 5) is 0. The number of hydrogen-bond acceptors (Lipinski definition) is 2. The first-order valence-electron chi connectivity index (χ1n) is 7.18. The van der Waals surface area contributed by atoms with Crippen LogP contribution in [0.1, 0.15) is 35.8 Å². The van der Waals surface area contributed by atoms with E-state index in [1.54, 1.807) is 0 Å². The highest BCUT2D eigenvalue weighted by Gasteiger charge is 2.23. The van der Waals surface area contributed by atoms with E-state index >= 15 is 0 Å². The van der Waals surface area contributed by atoms with Gasteiger partial charge in [0.25, 0.3) is 0 Å². The van der Waals surface area contributed by atoms with Crippen LogP contribution in [-0.2, 0) is 0 Å². The summed E-state index contributed by atoms with van der Waals surface area (Å²) in [6.45, 7) is 0.322. The van der Waals surface area contributed by atoms with Gasteiger partial charge in [0.2, 0.25) is 0 Å². The molecule has 0 fully saturated rings. The Morgan fingerprint density at radius 2 is 0.950 bits per heavy atom. The topological polar surface area (TPSA) is 40.5 Å². The summed E-state index contributed by atoms with van der Waals surface area (Å²) in [6, 6.07) is 20.5. The maximum Gasteiger partial charge on any atom is 0.0437 e. The van der Waals surface area contributed by atoms with Crippen molar-refractivity contribution in [3.05, 3.63) is 71.8 Å². The van der Waals surface area contributed by atoms with Gasteiger partial charge in [0, 0.05) is 13.2 Å². The minimum absolute atomic E-state index is 0.161. The Labute approximate surface area is 120 Å². The zero-order chi connectivity index (χ0) is 14.2. The van der Waals surface area contributed by atoms with Gasteiger partial charge in [0.1, 0.15) is 0 Å². The number of hydrogen-bond donors (Lipinski definition) is 2.